The second-order valence-corrected chi connectivity index (χ2v) is 7.45. The number of benzene rings is 1. The molecule has 2 aliphatic heterocycles. The second kappa shape index (κ2) is 9.01. The zero-order valence-corrected chi connectivity index (χ0v) is 16.8. The minimum atomic E-state index is -4.39. The minimum Gasteiger partial charge on any atom is -0.454 e. The van der Waals surface area contributed by atoms with Gasteiger partial charge in [0.2, 0.25) is 12.7 Å². The van der Waals surface area contributed by atoms with Crippen molar-refractivity contribution < 1.29 is 27.4 Å². The Bertz CT molecular complexity index is 921. The zero-order chi connectivity index (χ0) is 21.8. The molecule has 2 aromatic rings. The highest BCUT2D eigenvalue weighted by atomic mass is 19.4. The highest BCUT2D eigenvalue weighted by molar-refractivity contribution is 5.91. The van der Waals surface area contributed by atoms with Crippen LogP contribution in [-0.4, -0.2) is 55.3 Å². The summed E-state index contributed by atoms with van der Waals surface area (Å²) in [7, 11) is 0. The number of anilines is 2. The Labute approximate surface area is 177 Å². The fraction of sp³-hybridized carbons (Fsp3) is 0.429. The number of carbonyl (C=O) groups excluding carboxylic acids is 1. The molecule has 1 fully saturated rings. The number of aromatic nitrogens is 1. The number of fused-ring (bicyclic) bond motifs is 1. The molecular formula is C21H23F3N4O3. The molecule has 31 heavy (non-hydrogen) atoms. The molecule has 0 bridgehead atoms. The van der Waals surface area contributed by atoms with E-state index >= 15 is 0 Å². The van der Waals surface area contributed by atoms with Gasteiger partial charge in [-0.2, -0.15) is 13.2 Å². The Kier molecular flexibility index (Phi) is 6.17. The average Bonchev–Trinajstić information content (AvgIpc) is 3.08. The summed E-state index contributed by atoms with van der Waals surface area (Å²) in [6.07, 6.45) is -2.33. The van der Waals surface area contributed by atoms with Crippen molar-refractivity contribution in [2.24, 2.45) is 0 Å². The number of pyridine rings is 1. The standard InChI is InChI=1S/C21H23F3N4O3/c22-21(23,24)15-2-5-19(25-13-15)28-8-1-7-27(10-11-28)9-6-20(29)26-16-3-4-17-18(12-16)31-14-30-17/h2-5,12-13H,1,6-11,14H2,(H,26,29). The van der Waals surface area contributed by atoms with Gasteiger partial charge in [0.05, 0.1) is 5.56 Å². The molecule has 1 saturated heterocycles. The Hall–Kier alpha value is -3.01. The van der Waals surface area contributed by atoms with E-state index in [9.17, 15) is 18.0 Å². The van der Waals surface area contributed by atoms with Gasteiger partial charge in [-0.05, 0) is 37.2 Å². The number of carbonyl (C=O) groups is 1. The summed E-state index contributed by atoms with van der Waals surface area (Å²) in [6, 6.07) is 7.74. The molecule has 0 radical (unpaired) electrons. The molecule has 0 unspecified atom stereocenters. The van der Waals surface area contributed by atoms with Gasteiger partial charge in [0.1, 0.15) is 5.82 Å². The SMILES string of the molecule is O=C(CCN1CCCN(c2ccc(C(F)(F)F)cn2)CC1)Nc1ccc2c(c1)OCO2. The Morgan fingerprint density at radius 1 is 1.06 bits per heavy atom. The molecule has 1 aromatic heterocycles. The monoisotopic (exact) mass is 436 g/mol. The quantitative estimate of drug-likeness (QED) is 0.775. The molecule has 7 nitrogen and oxygen atoms in total. The molecule has 1 aromatic carbocycles. The van der Waals surface area contributed by atoms with Gasteiger partial charge < -0.3 is 24.6 Å². The predicted octanol–water partition coefficient (Wildman–Crippen LogP) is 3.37. The van der Waals surface area contributed by atoms with Crippen LogP contribution in [0.2, 0.25) is 0 Å². The third kappa shape index (κ3) is 5.38. The summed E-state index contributed by atoms with van der Waals surface area (Å²) in [4.78, 5) is 20.5. The van der Waals surface area contributed by atoms with Crippen LogP contribution in [0.4, 0.5) is 24.7 Å². The highest BCUT2D eigenvalue weighted by Crippen LogP contribution is 2.34. The van der Waals surface area contributed by atoms with E-state index in [0.29, 0.717) is 55.6 Å². The summed E-state index contributed by atoms with van der Waals surface area (Å²) in [5.41, 5.74) is -0.0918. The van der Waals surface area contributed by atoms with Crippen molar-refractivity contribution in [2.75, 3.05) is 49.7 Å². The number of alkyl halides is 3. The van der Waals surface area contributed by atoms with Crippen molar-refractivity contribution in [3.8, 4) is 11.5 Å². The molecule has 10 heteroatoms. The first kappa shape index (κ1) is 21.2. The summed E-state index contributed by atoms with van der Waals surface area (Å²) >= 11 is 0. The number of ether oxygens (including phenoxy) is 2. The van der Waals surface area contributed by atoms with E-state index < -0.39 is 11.7 Å². The largest absolute Gasteiger partial charge is 0.454 e. The van der Waals surface area contributed by atoms with E-state index in [2.05, 4.69) is 15.2 Å². The van der Waals surface area contributed by atoms with Gasteiger partial charge in [-0.15, -0.1) is 0 Å². The topological polar surface area (TPSA) is 66.9 Å². The van der Waals surface area contributed by atoms with Gasteiger partial charge >= 0.3 is 6.18 Å². The number of hydrogen-bond donors (Lipinski definition) is 1. The van der Waals surface area contributed by atoms with E-state index in [-0.39, 0.29) is 12.7 Å². The smallest absolute Gasteiger partial charge is 0.417 e. The van der Waals surface area contributed by atoms with Crippen molar-refractivity contribution in [1.29, 1.82) is 0 Å². The minimum absolute atomic E-state index is 0.0932. The molecule has 2 aliphatic rings. The van der Waals surface area contributed by atoms with Crippen LogP contribution in [0.3, 0.4) is 0 Å². The number of nitrogens with one attached hydrogen (secondary N) is 1. The van der Waals surface area contributed by atoms with Gasteiger partial charge in [-0.1, -0.05) is 0 Å². The lowest BCUT2D eigenvalue weighted by Crippen LogP contribution is -2.33. The Morgan fingerprint density at radius 2 is 1.90 bits per heavy atom. The van der Waals surface area contributed by atoms with E-state index in [1.54, 1.807) is 18.2 Å². The molecule has 4 rings (SSSR count). The van der Waals surface area contributed by atoms with Crippen LogP contribution in [0.15, 0.2) is 36.5 Å². The van der Waals surface area contributed by atoms with Crippen LogP contribution in [-0.2, 0) is 11.0 Å². The summed E-state index contributed by atoms with van der Waals surface area (Å²) in [5, 5.41) is 2.87. The number of hydrogen-bond acceptors (Lipinski definition) is 6. The lowest BCUT2D eigenvalue weighted by atomic mass is 10.2. The summed E-state index contributed by atoms with van der Waals surface area (Å²) in [6.45, 7) is 3.65. The van der Waals surface area contributed by atoms with Crippen molar-refractivity contribution in [2.45, 2.75) is 19.0 Å². The normalized spacial score (nSPS) is 16.8. The molecule has 0 spiro atoms. The molecule has 3 heterocycles. The first-order valence-electron chi connectivity index (χ1n) is 10.1. The maximum Gasteiger partial charge on any atom is 0.417 e. The van der Waals surface area contributed by atoms with Crippen molar-refractivity contribution in [3.63, 3.8) is 0 Å². The van der Waals surface area contributed by atoms with Gasteiger partial charge in [0, 0.05) is 50.6 Å². The maximum absolute atomic E-state index is 12.7. The molecular weight excluding hydrogens is 413 g/mol. The van der Waals surface area contributed by atoms with Gasteiger partial charge in [-0.3, -0.25) is 4.79 Å². The zero-order valence-electron chi connectivity index (χ0n) is 16.8. The van der Waals surface area contributed by atoms with Gasteiger partial charge in [0.25, 0.3) is 0 Å². The lowest BCUT2D eigenvalue weighted by molar-refractivity contribution is -0.137. The second-order valence-electron chi connectivity index (χ2n) is 7.45. The number of rotatable bonds is 5. The van der Waals surface area contributed by atoms with E-state index in [0.717, 1.165) is 25.2 Å². The molecule has 0 saturated carbocycles. The van der Waals surface area contributed by atoms with Crippen LogP contribution < -0.4 is 19.7 Å². The van der Waals surface area contributed by atoms with Crippen LogP contribution in [0.1, 0.15) is 18.4 Å². The molecule has 1 amide bonds. The van der Waals surface area contributed by atoms with E-state index in [1.807, 2.05) is 4.90 Å². The summed E-state index contributed by atoms with van der Waals surface area (Å²) in [5.74, 6) is 1.72. The van der Waals surface area contributed by atoms with E-state index in [4.69, 9.17) is 9.47 Å². The van der Waals surface area contributed by atoms with Crippen molar-refractivity contribution in [3.05, 3.63) is 42.1 Å². The Morgan fingerprint density at radius 3 is 2.68 bits per heavy atom. The third-order valence-electron chi connectivity index (χ3n) is 5.30. The molecule has 166 valence electrons. The molecule has 0 atom stereocenters. The van der Waals surface area contributed by atoms with Crippen LogP contribution >= 0.6 is 0 Å². The van der Waals surface area contributed by atoms with Crippen LogP contribution in [0.5, 0.6) is 11.5 Å². The number of halogens is 3. The van der Waals surface area contributed by atoms with Gasteiger partial charge in [-0.25, -0.2) is 4.98 Å². The van der Waals surface area contributed by atoms with Gasteiger partial charge in [0.15, 0.2) is 11.5 Å². The number of amides is 1. The average molecular weight is 436 g/mol. The fourth-order valence-electron chi connectivity index (χ4n) is 3.62. The van der Waals surface area contributed by atoms with Crippen molar-refractivity contribution in [1.82, 2.24) is 9.88 Å². The summed E-state index contributed by atoms with van der Waals surface area (Å²) < 4.78 is 48.7. The van der Waals surface area contributed by atoms with Crippen molar-refractivity contribution >= 4 is 17.4 Å². The lowest BCUT2D eigenvalue weighted by Gasteiger charge is -2.23. The van der Waals surface area contributed by atoms with Crippen LogP contribution in [0, 0.1) is 0 Å². The third-order valence-corrected chi connectivity index (χ3v) is 5.30. The first-order chi connectivity index (χ1) is 14.9. The van der Waals surface area contributed by atoms with E-state index in [1.165, 1.54) is 6.07 Å². The Balaban J connectivity index is 1.25. The van der Waals surface area contributed by atoms with Crippen LogP contribution in [0.25, 0.3) is 0 Å². The molecule has 0 aliphatic carbocycles. The highest BCUT2D eigenvalue weighted by Gasteiger charge is 2.31. The first-order valence-corrected chi connectivity index (χ1v) is 10.1. The number of nitrogens with zero attached hydrogens (tertiary/aromatic N) is 3. The molecule has 1 N–H and O–H groups in total. The maximum atomic E-state index is 12.7. The predicted molar refractivity (Wildman–Crippen MR) is 108 cm³/mol. The fourth-order valence-corrected chi connectivity index (χ4v) is 3.62.